The molecule has 0 amide bonds. The summed E-state index contributed by atoms with van der Waals surface area (Å²) in [5, 5.41) is 0. The van der Waals surface area contributed by atoms with E-state index in [1.165, 1.54) is 0 Å². The molecule has 6 nitrogen and oxygen atoms in total. The summed E-state index contributed by atoms with van der Waals surface area (Å²) in [6.45, 7) is 8.69. The van der Waals surface area contributed by atoms with Crippen LogP contribution in [-0.2, 0) is 14.8 Å². The molecule has 2 unspecified atom stereocenters. The van der Waals surface area contributed by atoms with E-state index in [1.807, 2.05) is 6.92 Å². The van der Waals surface area contributed by atoms with Gasteiger partial charge >= 0.3 is 0 Å². The van der Waals surface area contributed by atoms with Crippen LogP contribution in [0, 0.1) is 6.92 Å². The van der Waals surface area contributed by atoms with Gasteiger partial charge < -0.3 is 9.47 Å². The molecule has 0 saturated carbocycles. The van der Waals surface area contributed by atoms with Crippen LogP contribution in [0.25, 0.3) is 0 Å². The number of benzene rings is 1. The average Bonchev–Trinajstić information content (AvgIpc) is 2.57. The molecule has 0 bridgehead atoms. The van der Waals surface area contributed by atoms with E-state index >= 15 is 0 Å². The summed E-state index contributed by atoms with van der Waals surface area (Å²) in [5.74, 6) is 0.698. The Hall–Kier alpha value is -1.15. The van der Waals surface area contributed by atoms with Crippen molar-refractivity contribution >= 4 is 10.0 Å². The number of nitrogens with zero attached hydrogens (tertiary/aromatic N) is 2. The Kier molecular flexibility index (Phi) is 6.85. The molecule has 2 rings (SSSR count). The van der Waals surface area contributed by atoms with Crippen LogP contribution in [0.15, 0.2) is 23.1 Å². The Morgan fingerprint density at radius 1 is 1.16 bits per heavy atom. The third-order valence-corrected chi connectivity index (χ3v) is 6.66. The Labute approximate surface area is 151 Å². The highest BCUT2D eigenvalue weighted by molar-refractivity contribution is 7.89. The maximum atomic E-state index is 13.0. The second-order valence-electron chi connectivity index (χ2n) is 6.74. The molecule has 1 aliphatic heterocycles. The maximum Gasteiger partial charge on any atom is 0.243 e. The number of piperazine rings is 1. The van der Waals surface area contributed by atoms with Gasteiger partial charge in [-0.2, -0.15) is 4.31 Å². The quantitative estimate of drug-likeness (QED) is 0.688. The minimum absolute atomic E-state index is 0.176. The summed E-state index contributed by atoms with van der Waals surface area (Å²) in [5.41, 5.74) is 0.822. The standard InChI is InChI=1S/C18H30N2O4S/c1-14-11-17(7-8-18(14)24-5)25(21,22)19-12-15(2)20(16(3)13-19)9-6-10-23-4/h7-8,11,15-16H,6,9-10,12-13H2,1-5H3. The van der Waals surface area contributed by atoms with Gasteiger partial charge in [0.1, 0.15) is 5.75 Å². The van der Waals surface area contributed by atoms with Crippen LogP contribution in [0.3, 0.4) is 0 Å². The lowest BCUT2D eigenvalue weighted by Gasteiger charge is -2.43. The molecule has 1 aromatic rings. The third kappa shape index (κ3) is 4.53. The van der Waals surface area contributed by atoms with Gasteiger partial charge in [-0.05, 0) is 51.0 Å². The summed E-state index contributed by atoms with van der Waals surface area (Å²) in [6, 6.07) is 5.39. The highest BCUT2D eigenvalue weighted by Gasteiger charge is 2.35. The zero-order chi connectivity index (χ0) is 18.6. The fraction of sp³-hybridized carbons (Fsp3) is 0.667. The van der Waals surface area contributed by atoms with E-state index in [1.54, 1.807) is 36.7 Å². The monoisotopic (exact) mass is 370 g/mol. The average molecular weight is 371 g/mol. The Bertz CT molecular complexity index is 666. The van der Waals surface area contributed by atoms with Crippen LogP contribution in [0.5, 0.6) is 5.75 Å². The number of hydrogen-bond acceptors (Lipinski definition) is 5. The molecule has 1 aromatic carbocycles. The van der Waals surface area contributed by atoms with E-state index in [-0.39, 0.29) is 12.1 Å². The molecule has 0 aliphatic carbocycles. The van der Waals surface area contributed by atoms with Gasteiger partial charge in [-0.3, -0.25) is 4.90 Å². The first-order valence-corrected chi connectivity index (χ1v) is 10.1. The number of hydrogen-bond donors (Lipinski definition) is 0. The van der Waals surface area contributed by atoms with Crippen molar-refractivity contribution in [2.75, 3.05) is 40.5 Å². The Balaban J connectivity index is 2.14. The van der Waals surface area contributed by atoms with Gasteiger partial charge in [-0.15, -0.1) is 0 Å². The molecule has 2 atom stereocenters. The van der Waals surface area contributed by atoms with Crippen LogP contribution < -0.4 is 4.74 Å². The smallest absolute Gasteiger partial charge is 0.243 e. The first-order chi connectivity index (χ1) is 11.8. The summed E-state index contributed by atoms with van der Waals surface area (Å²) < 4.78 is 38.0. The largest absolute Gasteiger partial charge is 0.496 e. The normalized spacial score (nSPS) is 22.9. The molecule has 1 aliphatic rings. The highest BCUT2D eigenvalue weighted by atomic mass is 32.2. The van der Waals surface area contributed by atoms with Crippen molar-refractivity contribution in [1.29, 1.82) is 0 Å². The lowest BCUT2D eigenvalue weighted by Crippen LogP contribution is -2.58. The summed E-state index contributed by atoms with van der Waals surface area (Å²) in [7, 11) is -0.209. The van der Waals surface area contributed by atoms with E-state index in [2.05, 4.69) is 18.7 Å². The fourth-order valence-electron chi connectivity index (χ4n) is 3.50. The van der Waals surface area contributed by atoms with Crippen LogP contribution in [0.4, 0.5) is 0 Å². The molecule has 1 heterocycles. The van der Waals surface area contributed by atoms with Gasteiger partial charge in [-0.25, -0.2) is 8.42 Å². The second-order valence-corrected chi connectivity index (χ2v) is 8.67. The molecule has 25 heavy (non-hydrogen) atoms. The van der Waals surface area contributed by atoms with Crippen LogP contribution >= 0.6 is 0 Å². The van der Waals surface area contributed by atoms with Crippen molar-refractivity contribution in [2.45, 2.75) is 44.2 Å². The Morgan fingerprint density at radius 3 is 2.32 bits per heavy atom. The van der Waals surface area contributed by atoms with Crippen LogP contribution in [0.1, 0.15) is 25.8 Å². The first-order valence-electron chi connectivity index (χ1n) is 8.70. The predicted molar refractivity (Wildman–Crippen MR) is 98.6 cm³/mol. The lowest BCUT2D eigenvalue weighted by molar-refractivity contribution is 0.0666. The van der Waals surface area contributed by atoms with E-state index < -0.39 is 10.0 Å². The van der Waals surface area contributed by atoms with Crippen molar-refractivity contribution in [3.05, 3.63) is 23.8 Å². The third-order valence-electron chi connectivity index (χ3n) is 4.84. The van der Waals surface area contributed by atoms with Gasteiger partial charge in [0.05, 0.1) is 12.0 Å². The molecular formula is C18H30N2O4S. The van der Waals surface area contributed by atoms with Crippen molar-refractivity contribution in [2.24, 2.45) is 0 Å². The number of rotatable bonds is 7. The first kappa shape index (κ1) is 20.2. The summed E-state index contributed by atoms with van der Waals surface area (Å²) in [6.07, 6.45) is 0.954. The number of methoxy groups -OCH3 is 2. The zero-order valence-electron chi connectivity index (χ0n) is 15.9. The minimum atomic E-state index is -3.50. The molecule has 1 saturated heterocycles. The molecule has 142 valence electrons. The van der Waals surface area contributed by atoms with Gasteiger partial charge in [-0.1, -0.05) is 0 Å². The van der Waals surface area contributed by atoms with Gasteiger partial charge in [0, 0.05) is 45.4 Å². The van der Waals surface area contributed by atoms with Gasteiger partial charge in [0.2, 0.25) is 10.0 Å². The van der Waals surface area contributed by atoms with E-state index in [0.29, 0.717) is 23.7 Å². The summed E-state index contributed by atoms with van der Waals surface area (Å²) >= 11 is 0. The van der Waals surface area contributed by atoms with Crippen LogP contribution in [-0.4, -0.2) is 70.2 Å². The van der Waals surface area contributed by atoms with Crippen molar-refractivity contribution in [3.8, 4) is 5.75 Å². The SMILES string of the molecule is COCCCN1C(C)CN(S(=O)(=O)c2ccc(OC)c(C)c2)CC1C. The number of aryl methyl sites for hydroxylation is 1. The predicted octanol–water partition coefficient (Wildman–Crippen LogP) is 2.12. The Morgan fingerprint density at radius 2 is 1.80 bits per heavy atom. The van der Waals surface area contributed by atoms with Crippen LogP contribution in [0.2, 0.25) is 0 Å². The van der Waals surface area contributed by atoms with Crippen molar-refractivity contribution < 1.29 is 17.9 Å². The minimum Gasteiger partial charge on any atom is -0.496 e. The zero-order valence-corrected chi connectivity index (χ0v) is 16.7. The maximum absolute atomic E-state index is 13.0. The molecule has 7 heteroatoms. The van der Waals surface area contributed by atoms with Gasteiger partial charge in [0.15, 0.2) is 0 Å². The summed E-state index contributed by atoms with van der Waals surface area (Å²) in [4.78, 5) is 2.70. The molecule has 1 fully saturated rings. The number of sulfonamides is 1. The topological polar surface area (TPSA) is 59.1 Å². The van der Waals surface area contributed by atoms with E-state index in [0.717, 1.165) is 25.1 Å². The second kappa shape index (κ2) is 8.49. The van der Waals surface area contributed by atoms with Crippen molar-refractivity contribution in [3.63, 3.8) is 0 Å². The number of ether oxygens (including phenoxy) is 2. The molecule has 0 aromatic heterocycles. The fourth-order valence-corrected chi connectivity index (χ4v) is 5.18. The highest BCUT2D eigenvalue weighted by Crippen LogP contribution is 2.26. The van der Waals surface area contributed by atoms with E-state index in [9.17, 15) is 8.42 Å². The molecule has 0 spiro atoms. The molecular weight excluding hydrogens is 340 g/mol. The molecule has 0 radical (unpaired) electrons. The lowest BCUT2D eigenvalue weighted by atomic mass is 10.1. The van der Waals surface area contributed by atoms with Crippen molar-refractivity contribution in [1.82, 2.24) is 9.21 Å². The molecule has 0 N–H and O–H groups in total. The van der Waals surface area contributed by atoms with E-state index in [4.69, 9.17) is 9.47 Å². The van der Waals surface area contributed by atoms with Gasteiger partial charge in [0.25, 0.3) is 0 Å².